The number of carbonyl (C=O) groups excluding carboxylic acids is 1. The van der Waals surface area contributed by atoms with Crippen LogP contribution in [0.1, 0.15) is 23.2 Å². The van der Waals surface area contributed by atoms with E-state index >= 15 is 0 Å². The second-order valence-corrected chi connectivity index (χ2v) is 9.82. The smallest absolute Gasteiger partial charge is 0.271 e. The average Bonchev–Trinajstić information content (AvgIpc) is 2.70. The fraction of sp³-hybridized carbons (Fsp3) is 0.316. The van der Waals surface area contributed by atoms with Crippen LogP contribution < -0.4 is 10.1 Å². The number of anilines is 1. The molecule has 2 aromatic rings. The first-order valence-electron chi connectivity index (χ1n) is 9.21. The van der Waals surface area contributed by atoms with Gasteiger partial charge in [0.15, 0.2) is 0 Å². The first kappa shape index (κ1) is 23.3. The standard InChI is InChI=1S/C19H19Cl2N3O6S/c1-31(28,29)23-8-6-14(7-9-23)30-18-5-2-12(20)10-15(18)19(25)22-17-4-3-13(24(26)27)11-16(17)21/h2-5,10-11,14H,6-9H2,1H3,(H,22,25). The lowest BCUT2D eigenvalue weighted by Gasteiger charge is -2.30. The van der Waals surface area contributed by atoms with Gasteiger partial charge in [-0.05, 0) is 37.1 Å². The monoisotopic (exact) mass is 487 g/mol. The Balaban J connectivity index is 1.76. The highest BCUT2D eigenvalue weighted by molar-refractivity contribution is 7.88. The Labute approximate surface area is 189 Å². The number of hydrogen-bond acceptors (Lipinski definition) is 6. The number of non-ortho nitro benzene ring substituents is 1. The minimum absolute atomic E-state index is 0.0141. The second kappa shape index (κ2) is 9.39. The van der Waals surface area contributed by atoms with Crippen LogP contribution >= 0.6 is 23.2 Å². The highest BCUT2D eigenvalue weighted by Crippen LogP contribution is 2.30. The molecule has 1 saturated heterocycles. The number of sulfonamides is 1. The Kier molecular flexibility index (Phi) is 7.05. The largest absolute Gasteiger partial charge is 0.489 e. The highest BCUT2D eigenvalue weighted by Gasteiger charge is 2.27. The molecule has 9 nitrogen and oxygen atoms in total. The first-order chi connectivity index (χ1) is 14.5. The molecule has 1 amide bonds. The molecule has 0 unspecified atom stereocenters. The molecule has 0 bridgehead atoms. The number of carbonyl (C=O) groups is 1. The maximum atomic E-state index is 12.9. The third-order valence-corrected chi connectivity index (χ3v) is 6.61. The van der Waals surface area contributed by atoms with Crippen molar-refractivity contribution in [3.05, 3.63) is 62.1 Å². The third kappa shape index (κ3) is 5.85. The SMILES string of the molecule is CS(=O)(=O)N1CCC(Oc2ccc(Cl)cc2C(=O)Nc2ccc([N+](=O)[O-])cc2Cl)CC1. The van der Waals surface area contributed by atoms with Crippen LogP contribution in [0.5, 0.6) is 5.75 Å². The van der Waals surface area contributed by atoms with Gasteiger partial charge in [-0.25, -0.2) is 12.7 Å². The number of nitrogens with zero attached hydrogens (tertiary/aromatic N) is 2. The molecular weight excluding hydrogens is 469 g/mol. The Bertz CT molecular complexity index is 1120. The average molecular weight is 488 g/mol. The summed E-state index contributed by atoms with van der Waals surface area (Å²) in [5, 5.41) is 13.8. The molecule has 3 rings (SSSR count). The number of amides is 1. The van der Waals surface area contributed by atoms with Crippen LogP contribution in [-0.4, -0.2) is 49.0 Å². The lowest BCUT2D eigenvalue weighted by Crippen LogP contribution is -2.41. The summed E-state index contributed by atoms with van der Waals surface area (Å²) < 4.78 is 30.7. The predicted molar refractivity (Wildman–Crippen MR) is 118 cm³/mol. The molecule has 0 aliphatic carbocycles. The molecular formula is C19H19Cl2N3O6S. The maximum absolute atomic E-state index is 12.9. The fourth-order valence-corrected chi connectivity index (χ4v) is 4.42. The molecule has 1 aliphatic heterocycles. The van der Waals surface area contributed by atoms with Gasteiger partial charge < -0.3 is 10.1 Å². The topological polar surface area (TPSA) is 119 Å². The molecule has 1 heterocycles. The molecule has 0 atom stereocenters. The summed E-state index contributed by atoms with van der Waals surface area (Å²) in [4.78, 5) is 23.1. The minimum Gasteiger partial charge on any atom is -0.489 e. The van der Waals surface area contributed by atoms with E-state index in [2.05, 4.69) is 5.32 Å². The molecule has 31 heavy (non-hydrogen) atoms. The predicted octanol–water partition coefficient (Wildman–Crippen LogP) is 3.96. The van der Waals surface area contributed by atoms with Crippen molar-refractivity contribution in [2.45, 2.75) is 18.9 Å². The number of benzene rings is 2. The minimum atomic E-state index is -3.25. The van der Waals surface area contributed by atoms with E-state index < -0.39 is 20.9 Å². The van der Waals surface area contributed by atoms with Crippen molar-refractivity contribution in [1.82, 2.24) is 4.31 Å². The quantitative estimate of drug-likeness (QED) is 0.486. The van der Waals surface area contributed by atoms with Crippen molar-refractivity contribution in [3.63, 3.8) is 0 Å². The number of ether oxygens (including phenoxy) is 1. The highest BCUT2D eigenvalue weighted by atomic mass is 35.5. The number of piperidine rings is 1. The summed E-state index contributed by atoms with van der Waals surface area (Å²) in [5.74, 6) is -0.264. The second-order valence-electron chi connectivity index (χ2n) is 7.00. The van der Waals surface area contributed by atoms with Gasteiger partial charge in [0, 0.05) is 30.2 Å². The van der Waals surface area contributed by atoms with E-state index in [4.69, 9.17) is 27.9 Å². The summed E-state index contributed by atoms with van der Waals surface area (Å²) >= 11 is 12.1. The van der Waals surface area contributed by atoms with Crippen molar-refractivity contribution in [2.24, 2.45) is 0 Å². The zero-order chi connectivity index (χ0) is 22.8. The molecule has 0 radical (unpaired) electrons. The van der Waals surface area contributed by atoms with Crippen molar-refractivity contribution in [3.8, 4) is 5.75 Å². The van der Waals surface area contributed by atoms with E-state index in [1.807, 2.05) is 0 Å². The van der Waals surface area contributed by atoms with E-state index in [-0.39, 0.29) is 33.8 Å². The van der Waals surface area contributed by atoms with Gasteiger partial charge in [0.25, 0.3) is 11.6 Å². The molecule has 12 heteroatoms. The van der Waals surface area contributed by atoms with E-state index in [1.54, 1.807) is 12.1 Å². The maximum Gasteiger partial charge on any atom is 0.271 e. The van der Waals surface area contributed by atoms with Crippen LogP contribution in [-0.2, 0) is 10.0 Å². The van der Waals surface area contributed by atoms with Crippen molar-refractivity contribution < 1.29 is 22.9 Å². The van der Waals surface area contributed by atoms with Crippen molar-refractivity contribution in [2.75, 3.05) is 24.7 Å². The summed E-state index contributed by atoms with van der Waals surface area (Å²) in [6, 6.07) is 8.30. The van der Waals surface area contributed by atoms with Gasteiger partial charge in [0.2, 0.25) is 10.0 Å². The Morgan fingerprint density at radius 3 is 2.45 bits per heavy atom. The fourth-order valence-electron chi connectivity index (χ4n) is 3.15. The van der Waals surface area contributed by atoms with Crippen LogP contribution in [0.15, 0.2) is 36.4 Å². The molecule has 166 valence electrons. The summed E-state index contributed by atoms with van der Waals surface area (Å²) in [6.45, 7) is 0.661. The van der Waals surface area contributed by atoms with Crippen LogP contribution in [0.25, 0.3) is 0 Å². The molecule has 0 aromatic heterocycles. The van der Waals surface area contributed by atoms with Gasteiger partial charge in [-0.3, -0.25) is 14.9 Å². The lowest BCUT2D eigenvalue weighted by atomic mass is 10.1. The van der Waals surface area contributed by atoms with Crippen LogP contribution in [0.3, 0.4) is 0 Å². The first-order valence-corrected chi connectivity index (χ1v) is 11.8. The van der Waals surface area contributed by atoms with Gasteiger partial charge in [-0.15, -0.1) is 0 Å². The number of nitro groups is 1. The number of rotatable bonds is 6. The lowest BCUT2D eigenvalue weighted by molar-refractivity contribution is -0.384. The number of nitrogens with one attached hydrogen (secondary N) is 1. The Morgan fingerprint density at radius 1 is 1.19 bits per heavy atom. The Hall–Kier alpha value is -2.40. The van der Waals surface area contributed by atoms with Gasteiger partial charge in [-0.1, -0.05) is 23.2 Å². The summed E-state index contributed by atoms with van der Waals surface area (Å²) in [7, 11) is -3.25. The molecule has 1 fully saturated rings. The van der Waals surface area contributed by atoms with Gasteiger partial charge in [0.05, 0.1) is 27.5 Å². The summed E-state index contributed by atoms with van der Waals surface area (Å²) in [5.41, 5.74) is 0.160. The van der Waals surface area contributed by atoms with Crippen molar-refractivity contribution in [1.29, 1.82) is 0 Å². The van der Waals surface area contributed by atoms with E-state index in [0.29, 0.717) is 31.0 Å². The zero-order valence-corrected chi connectivity index (χ0v) is 18.7. The third-order valence-electron chi connectivity index (χ3n) is 4.76. The van der Waals surface area contributed by atoms with Gasteiger partial charge in [-0.2, -0.15) is 0 Å². The normalized spacial score (nSPS) is 15.5. The zero-order valence-electron chi connectivity index (χ0n) is 16.4. The molecule has 1 N–H and O–H groups in total. The molecule has 0 spiro atoms. The number of halogens is 2. The van der Waals surface area contributed by atoms with Crippen LogP contribution in [0.2, 0.25) is 10.0 Å². The van der Waals surface area contributed by atoms with E-state index in [1.165, 1.54) is 28.8 Å². The number of nitro benzene ring substituents is 1. The van der Waals surface area contributed by atoms with Gasteiger partial charge in [0.1, 0.15) is 11.9 Å². The van der Waals surface area contributed by atoms with Crippen LogP contribution in [0.4, 0.5) is 11.4 Å². The van der Waals surface area contributed by atoms with Crippen LogP contribution in [0, 0.1) is 10.1 Å². The number of hydrogen-bond donors (Lipinski definition) is 1. The molecule has 0 saturated carbocycles. The molecule has 2 aromatic carbocycles. The van der Waals surface area contributed by atoms with E-state index in [0.717, 1.165) is 6.07 Å². The summed E-state index contributed by atoms with van der Waals surface area (Å²) in [6.07, 6.45) is 1.85. The molecule has 1 aliphatic rings. The van der Waals surface area contributed by atoms with Crippen molar-refractivity contribution >= 4 is 50.5 Å². The van der Waals surface area contributed by atoms with Gasteiger partial charge >= 0.3 is 0 Å². The van der Waals surface area contributed by atoms with E-state index in [9.17, 15) is 23.3 Å². The Morgan fingerprint density at radius 2 is 1.87 bits per heavy atom.